The highest BCUT2D eigenvalue weighted by Gasteiger charge is 2.09. The monoisotopic (exact) mass is 233 g/mol. The molecule has 0 bridgehead atoms. The van der Waals surface area contributed by atoms with Crippen molar-refractivity contribution in [2.75, 3.05) is 13.7 Å². The van der Waals surface area contributed by atoms with Crippen LogP contribution in [0.4, 0.5) is 0 Å². The molecule has 0 amide bonds. The van der Waals surface area contributed by atoms with Crippen LogP contribution in [0, 0.1) is 6.92 Å². The standard InChI is InChI=1S/C15H23NO/c1-5-6-7-10-17-15-9-8-12(2)11-14(15)13(3)16-4/h5,8-9,11,13,16H,1,6-7,10H2,2-4H3. The van der Waals surface area contributed by atoms with Crippen LogP contribution in [0.1, 0.15) is 36.9 Å². The quantitative estimate of drug-likeness (QED) is 0.573. The van der Waals surface area contributed by atoms with E-state index in [9.17, 15) is 0 Å². The molecule has 0 aromatic heterocycles. The smallest absolute Gasteiger partial charge is 0.124 e. The minimum atomic E-state index is 0.310. The summed E-state index contributed by atoms with van der Waals surface area (Å²) in [5.41, 5.74) is 2.49. The van der Waals surface area contributed by atoms with Crippen molar-refractivity contribution in [1.82, 2.24) is 5.32 Å². The summed E-state index contributed by atoms with van der Waals surface area (Å²) >= 11 is 0. The Hall–Kier alpha value is -1.28. The van der Waals surface area contributed by atoms with Crippen LogP contribution in [-0.4, -0.2) is 13.7 Å². The van der Waals surface area contributed by atoms with Crippen molar-refractivity contribution in [2.45, 2.75) is 32.7 Å². The van der Waals surface area contributed by atoms with Crippen molar-refractivity contribution in [2.24, 2.45) is 0 Å². The van der Waals surface area contributed by atoms with Gasteiger partial charge in [0.05, 0.1) is 6.61 Å². The van der Waals surface area contributed by atoms with Crippen molar-refractivity contribution in [1.29, 1.82) is 0 Å². The van der Waals surface area contributed by atoms with Crippen LogP contribution < -0.4 is 10.1 Å². The fourth-order valence-corrected chi connectivity index (χ4v) is 1.70. The highest BCUT2D eigenvalue weighted by molar-refractivity contribution is 5.38. The molecule has 0 aliphatic heterocycles. The summed E-state index contributed by atoms with van der Waals surface area (Å²) < 4.78 is 5.83. The Bertz CT molecular complexity index is 360. The first-order chi connectivity index (χ1) is 8.19. The Morgan fingerprint density at radius 1 is 1.47 bits per heavy atom. The van der Waals surface area contributed by atoms with E-state index in [1.165, 1.54) is 11.1 Å². The van der Waals surface area contributed by atoms with Crippen LogP contribution in [0.15, 0.2) is 30.9 Å². The minimum Gasteiger partial charge on any atom is -0.493 e. The zero-order valence-electron chi connectivity index (χ0n) is 11.1. The molecule has 1 atom stereocenters. The molecule has 0 fully saturated rings. The Kier molecular flexibility index (Phi) is 5.78. The maximum atomic E-state index is 5.83. The van der Waals surface area contributed by atoms with E-state index in [0.717, 1.165) is 25.2 Å². The number of aryl methyl sites for hydroxylation is 1. The van der Waals surface area contributed by atoms with Crippen molar-refractivity contribution >= 4 is 0 Å². The van der Waals surface area contributed by atoms with E-state index in [1.807, 2.05) is 13.1 Å². The third-order valence-electron chi connectivity index (χ3n) is 2.87. The largest absolute Gasteiger partial charge is 0.493 e. The number of rotatable bonds is 7. The fourth-order valence-electron chi connectivity index (χ4n) is 1.70. The van der Waals surface area contributed by atoms with E-state index < -0.39 is 0 Å². The Balaban J connectivity index is 2.72. The van der Waals surface area contributed by atoms with Gasteiger partial charge < -0.3 is 10.1 Å². The van der Waals surface area contributed by atoms with Gasteiger partial charge in [-0.15, -0.1) is 6.58 Å². The number of nitrogens with one attached hydrogen (secondary N) is 1. The number of hydrogen-bond donors (Lipinski definition) is 1. The van der Waals surface area contributed by atoms with E-state index in [0.29, 0.717) is 6.04 Å². The van der Waals surface area contributed by atoms with Crippen molar-refractivity contribution in [3.8, 4) is 5.75 Å². The second-order valence-corrected chi connectivity index (χ2v) is 4.33. The Labute approximate surface area is 105 Å². The SMILES string of the molecule is C=CCCCOc1ccc(C)cc1C(C)NC. The summed E-state index contributed by atoms with van der Waals surface area (Å²) in [6.07, 6.45) is 3.95. The first-order valence-corrected chi connectivity index (χ1v) is 6.20. The first kappa shape index (κ1) is 13.8. The van der Waals surface area contributed by atoms with Gasteiger partial charge in [-0.2, -0.15) is 0 Å². The lowest BCUT2D eigenvalue weighted by atomic mass is 10.0. The molecule has 0 heterocycles. The summed E-state index contributed by atoms with van der Waals surface area (Å²) in [4.78, 5) is 0. The molecule has 1 rings (SSSR count). The molecule has 94 valence electrons. The second kappa shape index (κ2) is 7.13. The summed E-state index contributed by atoms with van der Waals surface area (Å²) in [5, 5.41) is 3.25. The Morgan fingerprint density at radius 3 is 2.88 bits per heavy atom. The van der Waals surface area contributed by atoms with Crippen LogP contribution in [0.25, 0.3) is 0 Å². The van der Waals surface area contributed by atoms with Crippen molar-refractivity contribution in [3.05, 3.63) is 42.0 Å². The number of benzene rings is 1. The topological polar surface area (TPSA) is 21.3 Å². The van der Waals surface area contributed by atoms with Gasteiger partial charge in [-0.1, -0.05) is 23.8 Å². The minimum absolute atomic E-state index is 0.310. The summed E-state index contributed by atoms with van der Waals surface area (Å²) in [6.45, 7) is 8.71. The third-order valence-corrected chi connectivity index (χ3v) is 2.87. The third kappa shape index (κ3) is 4.23. The molecule has 17 heavy (non-hydrogen) atoms. The zero-order valence-corrected chi connectivity index (χ0v) is 11.1. The summed E-state index contributed by atoms with van der Waals surface area (Å²) in [7, 11) is 1.97. The molecule has 2 heteroatoms. The van der Waals surface area contributed by atoms with Gasteiger partial charge in [0.1, 0.15) is 5.75 Å². The predicted octanol–water partition coefficient (Wildman–Crippen LogP) is 3.62. The second-order valence-electron chi connectivity index (χ2n) is 4.33. The molecule has 0 saturated heterocycles. The van der Waals surface area contributed by atoms with Crippen LogP contribution in [0.5, 0.6) is 5.75 Å². The van der Waals surface area contributed by atoms with Crippen LogP contribution in [0.2, 0.25) is 0 Å². The highest BCUT2D eigenvalue weighted by atomic mass is 16.5. The van der Waals surface area contributed by atoms with Crippen LogP contribution in [0.3, 0.4) is 0 Å². The molecule has 1 aromatic carbocycles. The lowest BCUT2D eigenvalue weighted by Crippen LogP contribution is -2.14. The first-order valence-electron chi connectivity index (χ1n) is 6.20. The van der Waals surface area contributed by atoms with Gasteiger partial charge in [-0.25, -0.2) is 0 Å². The van der Waals surface area contributed by atoms with Gasteiger partial charge in [-0.3, -0.25) is 0 Å². The highest BCUT2D eigenvalue weighted by Crippen LogP contribution is 2.26. The van der Waals surface area contributed by atoms with Gasteiger partial charge in [0.2, 0.25) is 0 Å². The van der Waals surface area contributed by atoms with Crippen LogP contribution in [-0.2, 0) is 0 Å². The van der Waals surface area contributed by atoms with Gasteiger partial charge in [0, 0.05) is 11.6 Å². The van der Waals surface area contributed by atoms with E-state index in [1.54, 1.807) is 0 Å². The van der Waals surface area contributed by atoms with Gasteiger partial charge in [-0.05, 0) is 39.8 Å². The van der Waals surface area contributed by atoms with Gasteiger partial charge in [0.15, 0.2) is 0 Å². The predicted molar refractivity (Wildman–Crippen MR) is 73.6 cm³/mol. The van der Waals surface area contributed by atoms with E-state index in [4.69, 9.17) is 4.74 Å². The molecule has 0 spiro atoms. The number of ether oxygens (including phenoxy) is 1. The van der Waals surface area contributed by atoms with Crippen molar-refractivity contribution in [3.63, 3.8) is 0 Å². The molecule has 1 N–H and O–H groups in total. The van der Waals surface area contributed by atoms with Crippen molar-refractivity contribution < 1.29 is 4.74 Å². The molecule has 0 saturated carbocycles. The molecule has 1 aromatic rings. The maximum Gasteiger partial charge on any atom is 0.124 e. The molecular formula is C15H23NO. The Morgan fingerprint density at radius 2 is 2.24 bits per heavy atom. The number of allylic oxidation sites excluding steroid dienone is 1. The summed E-state index contributed by atoms with van der Waals surface area (Å²) in [6, 6.07) is 6.65. The molecule has 0 aliphatic carbocycles. The lowest BCUT2D eigenvalue weighted by Gasteiger charge is -2.17. The van der Waals surface area contributed by atoms with E-state index in [-0.39, 0.29) is 0 Å². The van der Waals surface area contributed by atoms with E-state index in [2.05, 4.69) is 43.9 Å². The molecular weight excluding hydrogens is 210 g/mol. The summed E-state index contributed by atoms with van der Waals surface area (Å²) in [5.74, 6) is 0.988. The molecule has 1 unspecified atom stereocenters. The number of hydrogen-bond acceptors (Lipinski definition) is 2. The van der Waals surface area contributed by atoms with Gasteiger partial charge in [0.25, 0.3) is 0 Å². The molecule has 2 nitrogen and oxygen atoms in total. The number of unbranched alkanes of at least 4 members (excludes halogenated alkanes) is 1. The lowest BCUT2D eigenvalue weighted by molar-refractivity contribution is 0.306. The van der Waals surface area contributed by atoms with E-state index >= 15 is 0 Å². The molecule has 0 radical (unpaired) electrons. The average molecular weight is 233 g/mol. The molecule has 0 aliphatic rings. The maximum absolute atomic E-state index is 5.83. The fraction of sp³-hybridized carbons (Fsp3) is 0.467. The van der Waals surface area contributed by atoms with Crippen LogP contribution >= 0.6 is 0 Å². The zero-order chi connectivity index (χ0) is 12.7. The normalized spacial score (nSPS) is 12.2. The average Bonchev–Trinajstić information content (AvgIpc) is 2.35. The van der Waals surface area contributed by atoms with Gasteiger partial charge >= 0.3 is 0 Å².